The molecular weight excluding hydrogens is 835 g/mol. The molecule has 0 saturated carbocycles. The van der Waals surface area contributed by atoms with Crippen molar-refractivity contribution in [1.82, 2.24) is 36.0 Å². The highest BCUT2D eigenvalue weighted by atomic mass is 16.3. The molecule has 2 aromatic rings. The first-order valence-corrected chi connectivity index (χ1v) is 23.1. The molecule has 4 bridgehead atoms. The Morgan fingerprint density at radius 3 is 1.86 bits per heavy atom. The zero-order valence-electron chi connectivity index (χ0n) is 39.4. The highest BCUT2D eigenvalue weighted by Gasteiger charge is 2.34. The molecule has 0 fully saturated rings. The molecule has 2 aromatic carbocycles. The molecule has 360 valence electrons. The second-order valence-corrected chi connectivity index (χ2v) is 17.4. The van der Waals surface area contributed by atoms with Crippen LogP contribution < -0.4 is 21.3 Å². The maximum absolute atomic E-state index is 14.0. The first kappa shape index (κ1) is 53.6. The number of hydrogen-bond acceptors (Lipinski definition) is 10. The molecule has 7 N–H and O–H groups in total. The van der Waals surface area contributed by atoms with Crippen LogP contribution in [0.3, 0.4) is 0 Å². The van der Waals surface area contributed by atoms with E-state index in [1.54, 1.807) is 12.1 Å². The lowest BCUT2D eigenvalue weighted by Crippen LogP contribution is -2.56. The lowest BCUT2D eigenvalue weighted by Gasteiger charge is -2.30. The molecule has 3 rings (SSSR count). The lowest BCUT2D eigenvalue weighted by molar-refractivity contribution is -0.142. The van der Waals surface area contributed by atoms with Crippen LogP contribution in [0.1, 0.15) is 128 Å². The Morgan fingerprint density at radius 1 is 0.738 bits per heavy atom. The third-order valence-corrected chi connectivity index (χ3v) is 12.0. The van der Waals surface area contributed by atoms with Crippen molar-refractivity contribution in [2.24, 2.45) is 0 Å². The summed E-state index contributed by atoms with van der Waals surface area (Å²) in [5.74, 6) is -4.95. The van der Waals surface area contributed by atoms with E-state index in [4.69, 9.17) is 0 Å². The van der Waals surface area contributed by atoms with E-state index < -0.39 is 78.8 Å². The number of benzene rings is 2. The first-order chi connectivity index (χ1) is 30.9. The summed E-state index contributed by atoms with van der Waals surface area (Å²) in [7, 11) is 5.80. The van der Waals surface area contributed by atoms with Crippen LogP contribution in [-0.4, -0.2) is 137 Å². The van der Waals surface area contributed by atoms with Crippen molar-refractivity contribution in [2.75, 3.05) is 41.3 Å². The van der Waals surface area contributed by atoms with Crippen molar-refractivity contribution in [3.8, 4) is 22.6 Å². The predicted octanol–water partition coefficient (Wildman–Crippen LogP) is 3.82. The molecule has 5 atom stereocenters. The number of hydrogen-bond donors (Lipinski definition) is 7. The summed E-state index contributed by atoms with van der Waals surface area (Å²) in [6.45, 7) is 3.72. The van der Waals surface area contributed by atoms with Gasteiger partial charge in [-0.25, -0.2) is 0 Å². The number of aliphatic hydroxyl groups is 1. The molecule has 0 saturated heterocycles. The van der Waals surface area contributed by atoms with E-state index in [2.05, 4.69) is 28.2 Å². The molecule has 1 heterocycles. The molecule has 17 nitrogen and oxygen atoms in total. The van der Waals surface area contributed by atoms with Gasteiger partial charge in [0.2, 0.25) is 41.4 Å². The fourth-order valence-corrected chi connectivity index (χ4v) is 7.80. The number of carbonyl (C=O) groups is 7. The number of aliphatic hydroxyl groups excluding tert-OH is 1. The van der Waals surface area contributed by atoms with E-state index >= 15 is 0 Å². The second-order valence-electron chi connectivity index (χ2n) is 17.4. The number of nitrogens with zero attached hydrogens (tertiary/aromatic N) is 3. The minimum absolute atomic E-state index is 0.0311. The van der Waals surface area contributed by atoms with Gasteiger partial charge in [-0.2, -0.15) is 0 Å². The number of phenolic OH excluding ortho intramolecular Hbond substituents is 2. The Bertz CT molecular complexity index is 1940. The Hall–Kier alpha value is -5.71. The minimum Gasteiger partial charge on any atom is -0.507 e. The van der Waals surface area contributed by atoms with E-state index in [1.807, 2.05) is 0 Å². The molecule has 0 aromatic heterocycles. The zero-order chi connectivity index (χ0) is 48.2. The number of fused-ring (bicyclic) bond motifs is 5. The van der Waals surface area contributed by atoms with Gasteiger partial charge in [-0.05, 0) is 55.7 Å². The van der Waals surface area contributed by atoms with Crippen molar-refractivity contribution in [3.05, 3.63) is 47.5 Å². The summed E-state index contributed by atoms with van der Waals surface area (Å²) >= 11 is 0. The number of unbranched alkanes of at least 4 members (excludes halogenated alkanes) is 12. The van der Waals surface area contributed by atoms with Gasteiger partial charge in [0, 0.05) is 52.2 Å². The van der Waals surface area contributed by atoms with E-state index in [-0.39, 0.29) is 46.9 Å². The maximum atomic E-state index is 14.0. The standard InChI is InChI=1S/C48H73N7O10/c1-8-9-10-11-12-13-14-15-16-17-18-19-20-21-41(59)54(6)38(30-56)46(63)50-31(2)44(61)49-29-42(60)55(7)43-34-23-25-40(58)36(28-34)35-26-33(22-24-39(35)57)27-37(48(65)53(4)5)52-45(62)32(3)51-47(43)64/h22-26,28,31-32,37-38,43,56-58H,8-21,27,29-30H2,1-7H3,(H,49,61)(H,50,63)(H,51,64)(H,52,62)/t31-,32+,37+,38-,43+/m1/s1. The van der Waals surface area contributed by atoms with Gasteiger partial charge < -0.3 is 51.3 Å². The van der Waals surface area contributed by atoms with Crippen LogP contribution in [0.4, 0.5) is 0 Å². The topological polar surface area (TPSA) is 238 Å². The summed E-state index contributed by atoms with van der Waals surface area (Å²) < 4.78 is 0. The fourth-order valence-electron chi connectivity index (χ4n) is 7.80. The number of phenols is 2. The monoisotopic (exact) mass is 908 g/mol. The Kier molecular flexibility index (Phi) is 22.2. The predicted molar refractivity (Wildman–Crippen MR) is 247 cm³/mol. The summed E-state index contributed by atoms with van der Waals surface area (Å²) in [6, 6.07) is 2.56. The first-order valence-electron chi connectivity index (χ1n) is 23.1. The van der Waals surface area contributed by atoms with Crippen LogP contribution in [-0.2, 0) is 40.0 Å². The average Bonchev–Trinajstić information content (AvgIpc) is 3.27. The third-order valence-electron chi connectivity index (χ3n) is 12.0. The molecular formula is C48H73N7O10. The van der Waals surface area contributed by atoms with Crippen molar-refractivity contribution in [2.45, 2.75) is 147 Å². The Labute approximate surface area is 384 Å². The van der Waals surface area contributed by atoms with Gasteiger partial charge in [-0.3, -0.25) is 33.6 Å². The average molecular weight is 908 g/mol. The van der Waals surface area contributed by atoms with Crippen LogP contribution in [0.5, 0.6) is 11.5 Å². The van der Waals surface area contributed by atoms with Crippen LogP contribution >= 0.6 is 0 Å². The largest absolute Gasteiger partial charge is 0.507 e. The molecule has 65 heavy (non-hydrogen) atoms. The Balaban J connectivity index is 1.63. The zero-order valence-corrected chi connectivity index (χ0v) is 39.4. The van der Waals surface area contributed by atoms with E-state index in [9.17, 15) is 48.9 Å². The Morgan fingerprint density at radius 2 is 1.29 bits per heavy atom. The number of rotatable bonds is 23. The van der Waals surface area contributed by atoms with E-state index in [0.29, 0.717) is 12.0 Å². The van der Waals surface area contributed by atoms with Crippen LogP contribution in [0.2, 0.25) is 0 Å². The van der Waals surface area contributed by atoms with Gasteiger partial charge in [0.1, 0.15) is 41.7 Å². The molecule has 1 aliphatic heterocycles. The quantitative estimate of drug-likeness (QED) is 0.0796. The van der Waals surface area contributed by atoms with Gasteiger partial charge in [-0.1, -0.05) is 96.1 Å². The molecule has 0 radical (unpaired) electrons. The smallest absolute Gasteiger partial charge is 0.248 e. The molecule has 17 heteroatoms. The molecule has 0 aliphatic carbocycles. The highest BCUT2D eigenvalue weighted by molar-refractivity contribution is 5.96. The summed E-state index contributed by atoms with van der Waals surface area (Å²) in [5.41, 5.74) is 1.03. The number of carbonyl (C=O) groups excluding carboxylic acids is 7. The highest BCUT2D eigenvalue weighted by Crippen LogP contribution is 2.38. The van der Waals surface area contributed by atoms with Crippen molar-refractivity contribution in [3.63, 3.8) is 0 Å². The van der Waals surface area contributed by atoms with E-state index in [1.165, 1.54) is 134 Å². The fraction of sp³-hybridized carbons (Fsp3) is 0.604. The number of amides is 7. The van der Waals surface area contributed by atoms with Gasteiger partial charge in [-0.15, -0.1) is 0 Å². The third kappa shape index (κ3) is 16.3. The number of nitrogens with one attached hydrogen (secondary N) is 4. The summed E-state index contributed by atoms with van der Waals surface area (Å²) in [5, 5.41) is 42.2. The summed E-state index contributed by atoms with van der Waals surface area (Å²) in [6.07, 6.45) is 15.4. The van der Waals surface area contributed by atoms with Crippen LogP contribution in [0.15, 0.2) is 36.4 Å². The van der Waals surface area contributed by atoms with Gasteiger partial charge in [0.25, 0.3) is 0 Å². The maximum Gasteiger partial charge on any atom is 0.248 e. The molecule has 0 spiro atoms. The van der Waals surface area contributed by atoms with Crippen LogP contribution in [0.25, 0.3) is 11.1 Å². The second kappa shape index (κ2) is 26.9. The van der Waals surface area contributed by atoms with Crippen molar-refractivity contribution in [1.29, 1.82) is 0 Å². The molecule has 1 aliphatic rings. The summed E-state index contributed by atoms with van der Waals surface area (Å²) in [4.78, 5) is 97.1. The SMILES string of the molecule is CCCCCCCCCCCCCCCC(=O)N(C)[C@H](CO)C(=O)N[C@H](C)C(=O)NCC(=O)N(C)[C@@H]1C(=O)N[C@@H](C)C(=O)N[C@H](C(=O)N(C)C)Cc2ccc(O)c(c2)-c2cc1ccc2O. The molecule has 0 unspecified atom stereocenters. The number of likely N-dealkylation sites (N-methyl/N-ethyl adjacent to an activating group) is 3. The van der Waals surface area contributed by atoms with Gasteiger partial charge >= 0.3 is 0 Å². The lowest BCUT2D eigenvalue weighted by atomic mass is 9.93. The van der Waals surface area contributed by atoms with E-state index in [0.717, 1.165) is 24.2 Å². The van der Waals surface area contributed by atoms with Crippen molar-refractivity contribution >= 4 is 41.4 Å². The molecule has 7 amide bonds. The van der Waals surface area contributed by atoms with Crippen LogP contribution in [0, 0.1) is 0 Å². The number of aromatic hydroxyl groups is 2. The minimum atomic E-state index is -1.43. The normalized spacial score (nSPS) is 17.1. The van der Waals surface area contributed by atoms with Gasteiger partial charge in [0.05, 0.1) is 13.2 Å². The van der Waals surface area contributed by atoms with Crippen molar-refractivity contribution < 1.29 is 48.9 Å². The van der Waals surface area contributed by atoms with Gasteiger partial charge in [0.15, 0.2) is 0 Å².